The zero-order chi connectivity index (χ0) is 26.7. The van der Waals surface area contributed by atoms with E-state index < -0.39 is 5.97 Å². The molecule has 0 spiro atoms. The van der Waals surface area contributed by atoms with Crippen LogP contribution in [0.2, 0.25) is 0 Å². The number of aromatic carboxylic acids is 1. The number of aromatic nitrogens is 4. The lowest BCUT2D eigenvalue weighted by Gasteiger charge is -2.33. The highest BCUT2D eigenvalue weighted by Gasteiger charge is 2.23. The maximum atomic E-state index is 12.7. The first-order valence-corrected chi connectivity index (χ1v) is 12.8. The van der Waals surface area contributed by atoms with Crippen molar-refractivity contribution in [2.75, 3.05) is 18.0 Å². The number of nitrogens with zero attached hydrogens (tertiary/aromatic N) is 5. The first-order valence-electron chi connectivity index (χ1n) is 12.8. The van der Waals surface area contributed by atoms with Crippen molar-refractivity contribution in [3.8, 4) is 22.4 Å². The monoisotopic (exact) mass is 507 g/mol. The average Bonchev–Trinajstić information content (AvgIpc) is 3.10. The van der Waals surface area contributed by atoms with E-state index in [-0.39, 0.29) is 17.3 Å². The van der Waals surface area contributed by atoms with Gasteiger partial charge in [-0.15, -0.1) is 0 Å². The van der Waals surface area contributed by atoms with E-state index >= 15 is 0 Å². The molecule has 192 valence electrons. The molecule has 0 unspecified atom stereocenters. The molecular weight excluding hydrogens is 478 g/mol. The summed E-state index contributed by atoms with van der Waals surface area (Å²) in [6.07, 6.45) is 4.50. The lowest BCUT2D eigenvalue weighted by atomic mass is 9.93. The van der Waals surface area contributed by atoms with Crippen molar-refractivity contribution in [2.45, 2.75) is 26.2 Å². The molecule has 3 aromatic heterocycles. The van der Waals surface area contributed by atoms with Crippen LogP contribution in [0.3, 0.4) is 0 Å². The van der Waals surface area contributed by atoms with Gasteiger partial charge in [0.05, 0.1) is 22.4 Å². The molecule has 2 aromatic carbocycles. The van der Waals surface area contributed by atoms with E-state index in [1.165, 1.54) is 0 Å². The van der Waals surface area contributed by atoms with Crippen LogP contribution >= 0.6 is 0 Å². The number of carbonyl (C=O) groups is 1. The van der Waals surface area contributed by atoms with E-state index in [9.17, 15) is 14.7 Å². The van der Waals surface area contributed by atoms with Crippen LogP contribution in [0.5, 0.6) is 0 Å². The molecular formula is C30H29N5O3. The van der Waals surface area contributed by atoms with Crippen molar-refractivity contribution in [3.63, 3.8) is 0 Å². The van der Waals surface area contributed by atoms with Gasteiger partial charge in [0.25, 0.3) is 0 Å². The van der Waals surface area contributed by atoms with Crippen LogP contribution in [0.4, 0.5) is 5.69 Å². The molecule has 1 aliphatic heterocycles. The smallest absolute Gasteiger partial charge is 0.356 e. The summed E-state index contributed by atoms with van der Waals surface area (Å²) in [4.78, 5) is 35.5. The van der Waals surface area contributed by atoms with Gasteiger partial charge < -0.3 is 10.0 Å². The summed E-state index contributed by atoms with van der Waals surface area (Å²) >= 11 is 0. The highest BCUT2D eigenvalue weighted by Crippen LogP contribution is 2.36. The lowest BCUT2D eigenvalue weighted by Crippen LogP contribution is -2.38. The van der Waals surface area contributed by atoms with Crippen molar-refractivity contribution < 1.29 is 9.90 Å². The van der Waals surface area contributed by atoms with Crippen molar-refractivity contribution in [1.82, 2.24) is 19.1 Å². The summed E-state index contributed by atoms with van der Waals surface area (Å²) in [5, 5.41) is 11.6. The minimum Gasteiger partial charge on any atom is -0.476 e. The Labute approximate surface area is 219 Å². The number of hydrogen-bond acceptors (Lipinski definition) is 5. The van der Waals surface area contributed by atoms with E-state index in [1.807, 2.05) is 43.4 Å². The van der Waals surface area contributed by atoms with Crippen molar-refractivity contribution in [1.29, 1.82) is 0 Å². The Bertz CT molecular complexity index is 1810. The topological polar surface area (TPSA) is 93.2 Å². The minimum absolute atomic E-state index is 0.0385. The number of carboxylic acids is 1. The molecule has 0 radical (unpaired) electrons. The number of pyridine rings is 2. The summed E-state index contributed by atoms with van der Waals surface area (Å²) in [6.45, 7) is 5.95. The van der Waals surface area contributed by atoms with Crippen LogP contribution in [0.25, 0.3) is 44.2 Å². The second kappa shape index (κ2) is 8.83. The predicted molar refractivity (Wildman–Crippen MR) is 150 cm³/mol. The van der Waals surface area contributed by atoms with Crippen LogP contribution in [-0.4, -0.2) is 43.3 Å². The number of imidazole rings is 1. The number of carboxylic acid groups (broad SMARTS) is 1. The molecule has 6 rings (SSSR count). The Morgan fingerprint density at radius 3 is 2.45 bits per heavy atom. The van der Waals surface area contributed by atoms with Crippen LogP contribution in [0.15, 0.2) is 59.7 Å². The molecule has 8 nitrogen and oxygen atoms in total. The molecule has 1 saturated heterocycles. The summed E-state index contributed by atoms with van der Waals surface area (Å²) in [6, 6.07) is 14.3. The maximum absolute atomic E-state index is 12.7. The Balaban J connectivity index is 1.49. The van der Waals surface area contributed by atoms with Crippen LogP contribution in [-0.2, 0) is 14.1 Å². The third-order valence-corrected chi connectivity index (χ3v) is 7.65. The van der Waals surface area contributed by atoms with Crippen molar-refractivity contribution in [3.05, 3.63) is 76.6 Å². The van der Waals surface area contributed by atoms with Gasteiger partial charge in [-0.25, -0.2) is 14.6 Å². The fraction of sp³-hybridized carbons (Fsp3) is 0.267. The Hall–Kier alpha value is -4.46. The van der Waals surface area contributed by atoms with E-state index in [4.69, 9.17) is 4.98 Å². The number of anilines is 1. The number of aryl methyl sites for hydroxylation is 2. The average molecular weight is 508 g/mol. The quantitative estimate of drug-likeness (QED) is 0.352. The van der Waals surface area contributed by atoms with Gasteiger partial charge in [0, 0.05) is 50.5 Å². The summed E-state index contributed by atoms with van der Waals surface area (Å²) < 4.78 is 3.43. The van der Waals surface area contributed by atoms with Crippen LogP contribution in [0.1, 0.15) is 42.2 Å². The van der Waals surface area contributed by atoms with E-state index in [0.29, 0.717) is 5.69 Å². The fourth-order valence-corrected chi connectivity index (χ4v) is 5.42. The number of hydrogen-bond donors (Lipinski definition) is 1. The molecule has 1 N–H and O–H groups in total. The molecule has 0 amide bonds. The van der Waals surface area contributed by atoms with Gasteiger partial charge in [-0.1, -0.05) is 32.0 Å². The largest absolute Gasteiger partial charge is 0.476 e. The second-order valence-electron chi connectivity index (χ2n) is 10.3. The number of fused-ring (bicyclic) bond motifs is 2. The Kier molecular flexibility index (Phi) is 5.56. The van der Waals surface area contributed by atoms with Crippen LogP contribution in [0, 0.1) is 0 Å². The highest BCUT2D eigenvalue weighted by molar-refractivity contribution is 6.00. The van der Waals surface area contributed by atoms with Gasteiger partial charge in [-0.2, -0.15) is 0 Å². The van der Waals surface area contributed by atoms with Gasteiger partial charge in [-0.05, 0) is 58.7 Å². The van der Waals surface area contributed by atoms with Gasteiger partial charge >= 0.3 is 11.7 Å². The van der Waals surface area contributed by atoms with E-state index in [0.717, 1.165) is 69.3 Å². The van der Waals surface area contributed by atoms with Crippen molar-refractivity contribution >= 4 is 33.5 Å². The Morgan fingerprint density at radius 2 is 1.76 bits per heavy atom. The molecule has 0 atom stereocenters. The summed E-state index contributed by atoms with van der Waals surface area (Å²) in [5.41, 5.74) is 7.28. The minimum atomic E-state index is -1.02. The molecule has 5 aromatic rings. The van der Waals surface area contributed by atoms with E-state index in [1.54, 1.807) is 15.3 Å². The standard InChI is InChI=1S/C30H29N5O3/c1-17(2)22-11-19(13-26-28(22)34(4)30(38)33(26)3)21-8-5-7-18-12-24(31-16-23(18)21)20-14-25(35-9-6-10-35)27(29(36)37)32-15-20/h5,7-8,11-17H,6,9-10H2,1-4H3,(H,36,37). The molecule has 0 saturated carbocycles. The molecule has 1 aliphatic rings. The van der Waals surface area contributed by atoms with Crippen molar-refractivity contribution in [2.24, 2.45) is 14.1 Å². The highest BCUT2D eigenvalue weighted by atomic mass is 16.4. The third kappa shape index (κ3) is 3.67. The zero-order valence-corrected chi connectivity index (χ0v) is 21.9. The number of benzene rings is 2. The van der Waals surface area contributed by atoms with Gasteiger partial charge in [0.2, 0.25) is 0 Å². The number of rotatable bonds is 5. The fourth-order valence-electron chi connectivity index (χ4n) is 5.42. The van der Waals surface area contributed by atoms with Gasteiger partial charge in [0.15, 0.2) is 5.69 Å². The van der Waals surface area contributed by atoms with Gasteiger partial charge in [0.1, 0.15) is 0 Å². The zero-order valence-electron chi connectivity index (χ0n) is 21.9. The maximum Gasteiger partial charge on any atom is 0.356 e. The molecule has 1 fully saturated rings. The first-order chi connectivity index (χ1) is 18.2. The molecule has 8 heteroatoms. The molecule has 0 bridgehead atoms. The second-order valence-corrected chi connectivity index (χ2v) is 10.3. The third-order valence-electron chi connectivity index (χ3n) is 7.65. The molecule has 4 heterocycles. The molecule has 38 heavy (non-hydrogen) atoms. The SMILES string of the molecule is CC(C)c1cc(-c2cccc3cc(-c4cnc(C(=O)O)c(N5CCC5)c4)ncc23)cc2c1n(C)c(=O)n2C. The predicted octanol–water partition coefficient (Wildman–Crippen LogP) is 5.19. The lowest BCUT2D eigenvalue weighted by molar-refractivity contribution is 0.0691. The molecule has 0 aliphatic carbocycles. The van der Waals surface area contributed by atoms with E-state index in [2.05, 4.69) is 43.1 Å². The van der Waals surface area contributed by atoms with Crippen LogP contribution < -0.4 is 10.6 Å². The first kappa shape index (κ1) is 23.9. The normalized spacial score (nSPS) is 13.4. The summed E-state index contributed by atoms with van der Waals surface area (Å²) in [5.74, 6) is -0.782. The Morgan fingerprint density at radius 1 is 0.974 bits per heavy atom. The van der Waals surface area contributed by atoms with Gasteiger partial charge in [-0.3, -0.25) is 14.1 Å². The summed E-state index contributed by atoms with van der Waals surface area (Å²) in [7, 11) is 3.64.